The Labute approximate surface area is 175 Å². The molecule has 0 aliphatic heterocycles. The van der Waals surface area contributed by atoms with Gasteiger partial charge in [0.15, 0.2) is 10.2 Å². The summed E-state index contributed by atoms with van der Waals surface area (Å²) in [7, 11) is 0. The fourth-order valence-electron chi connectivity index (χ4n) is 2.67. The predicted molar refractivity (Wildman–Crippen MR) is 116 cm³/mol. The molecule has 0 aliphatic rings. The Morgan fingerprint density at radius 2 is 2.00 bits per heavy atom. The van der Waals surface area contributed by atoms with E-state index in [-0.39, 0.29) is 17.1 Å². The Hall–Kier alpha value is -3.35. The number of rotatable bonds is 6. The van der Waals surface area contributed by atoms with Crippen molar-refractivity contribution >= 4 is 50.5 Å². The maximum Gasteiger partial charge on any atom is 0.210 e. The second-order valence-corrected chi connectivity index (χ2v) is 8.34. The molecule has 2 aromatic carbocycles. The summed E-state index contributed by atoms with van der Waals surface area (Å²) < 4.78 is 0.689. The van der Waals surface area contributed by atoms with E-state index in [1.54, 1.807) is 0 Å². The highest BCUT2D eigenvalue weighted by Gasteiger charge is 2.15. The summed E-state index contributed by atoms with van der Waals surface area (Å²) in [5.74, 6) is 0.491. The van der Waals surface area contributed by atoms with Crippen molar-refractivity contribution in [3.8, 4) is 6.07 Å². The van der Waals surface area contributed by atoms with Gasteiger partial charge in [-0.1, -0.05) is 53.4 Å². The largest absolute Gasteiger partial charge is 0.510 e. The number of aliphatic hydroxyl groups excluding tert-OH is 1. The minimum atomic E-state index is -0.0554. The van der Waals surface area contributed by atoms with Gasteiger partial charge in [0.1, 0.15) is 17.4 Å². The van der Waals surface area contributed by atoms with Crippen LogP contribution in [0.3, 0.4) is 0 Å². The van der Waals surface area contributed by atoms with Crippen LogP contribution in [0, 0.1) is 18.3 Å². The number of nitrogens with zero attached hydrogens (tertiary/aromatic N) is 4. The fraction of sp³-hybridized carbons (Fsp3) is 0.100. The van der Waals surface area contributed by atoms with E-state index in [4.69, 9.17) is 0 Å². The maximum atomic E-state index is 10.4. The van der Waals surface area contributed by atoms with Crippen LogP contribution >= 0.6 is 23.1 Å². The number of nitriles is 1. The van der Waals surface area contributed by atoms with Gasteiger partial charge in [-0.05, 0) is 30.7 Å². The van der Waals surface area contributed by atoms with E-state index in [1.165, 1.54) is 23.1 Å². The number of para-hydroxylation sites is 3. The normalized spacial score (nSPS) is 11.9. The van der Waals surface area contributed by atoms with Crippen molar-refractivity contribution in [2.24, 2.45) is 0 Å². The molecule has 0 aliphatic carbocycles. The lowest BCUT2D eigenvalue weighted by molar-refractivity contribution is 0.420. The summed E-state index contributed by atoms with van der Waals surface area (Å²) in [6.07, 6.45) is 0. The van der Waals surface area contributed by atoms with E-state index < -0.39 is 0 Å². The Morgan fingerprint density at radius 3 is 2.79 bits per heavy atom. The minimum absolute atomic E-state index is 0.0554. The quantitative estimate of drug-likeness (QED) is 0.227. The van der Waals surface area contributed by atoms with Crippen LogP contribution in [0.25, 0.3) is 16.6 Å². The molecule has 7 nitrogen and oxygen atoms in total. The van der Waals surface area contributed by atoms with Crippen LogP contribution in [-0.4, -0.2) is 31.0 Å². The maximum absolute atomic E-state index is 10.4. The van der Waals surface area contributed by atoms with Gasteiger partial charge in [0.25, 0.3) is 0 Å². The Bertz CT molecular complexity index is 1200. The third-order valence-electron chi connectivity index (χ3n) is 4.15. The molecule has 2 aromatic heterocycles. The van der Waals surface area contributed by atoms with Crippen LogP contribution in [0.5, 0.6) is 0 Å². The summed E-state index contributed by atoms with van der Waals surface area (Å²) in [5.41, 5.74) is 3.76. The van der Waals surface area contributed by atoms with E-state index in [9.17, 15) is 10.4 Å². The van der Waals surface area contributed by atoms with Crippen molar-refractivity contribution in [2.45, 2.75) is 11.3 Å². The lowest BCUT2D eigenvalue weighted by Crippen LogP contribution is -1.95. The number of benzene rings is 2. The van der Waals surface area contributed by atoms with Crippen LogP contribution in [0.15, 0.2) is 58.6 Å². The van der Waals surface area contributed by atoms with Crippen molar-refractivity contribution in [1.29, 1.82) is 5.26 Å². The zero-order valence-electron chi connectivity index (χ0n) is 15.4. The standard InChI is InChI=1S/C20H16N6OS2/c1-12-6-2-3-7-14(12)24-19-25-26-20(29-19)28-11-17(27)13(10-21)18-22-15-8-4-5-9-16(15)23-18/h2-9,27H,11H2,1H3,(H,22,23)(H,24,25)/b17-13-. The number of fused-ring (bicyclic) bond motifs is 1. The van der Waals surface area contributed by atoms with Crippen LogP contribution < -0.4 is 5.32 Å². The van der Waals surface area contributed by atoms with Gasteiger partial charge in [-0.3, -0.25) is 0 Å². The minimum Gasteiger partial charge on any atom is -0.510 e. The molecule has 0 atom stereocenters. The third-order valence-corrected chi connectivity index (χ3v) is 6.14. The van der Waals surface area contributed by atoms with E-state index >= 15 is 0 Å². The average molecular weight is 421 g/mol. The molecular weight excluding hydrogens is 404 g/mol. The molecule has 2 heterocycles. The van der Waals surface area contributed by atoms with Gasteiger partial charge in [-0.2, -0.15) is 5.26 Å². The van der Waals surface area contributed by atoms with Crippen molar-refractivity contribution in [1.82, 2.24) is 20.2 Å². The van der Waals surface area contributed by atoms with Gasteiger partial charge in [0, 0.05) is 5.69 Å². The third kappa shape index (κ3) is 4.23. The van der Waals surface area contributed by atoms with E-state index in [1.807, 2.05) is 61.5 Å². The molecule has 0 fully saturated rings. The number of aryl methyl sites for hydroxylation is 1. The molecule has 0 saturated carbocycles. The molecule has 4 aromatic rings. The second kappa shape index (κ2) is 8.34. The Balaban J connectivity index is 1.47. The molecule has 0 spiro atoms. The number of hydrogen-bond donors (Lipinski definition) is 3. The molecular formula is C20H16N6OS2. The molecule has 29 heavy (non-hydrogen) atoms. The first-order chi connectivity index (χ1) is 14.1. The van der Waals surface area contributed by atoms with Gasteiger partial charge in [-0.25, -0.2) is 4.98 Å². The first kappa shape index (κ1) is 19.0. The smallest absolute Gasteiger partial charge is 0.210 e. The SMILES string of the molecule is Cc1ccccc1Nc1nnc(SC/C(O)=C(\C#N)c2nc3ccccc3[nH]2)s1. The molecule has 4 rings (SSSR count). The van der Waals surface area contributed by atoms with Gasteiger partial charge in [0.05, 0.1) is 16.8 Å². The molecule has 9 heteroatoms. The summed E-state index contributed by atoms with van der Waals surface area (Å²) in [6, 6.07) is 17.4. The van der Waals surface area contributed by atoms with Gasteiger partial charge in [-0.15, -0.1) is 10.2 Å². The second-order valence-electron chi connectivity index (χ2n) is 6.14. The van der Waals surface area contributed by atoms with Crippen molar-refractivity contribution in [3.05, 3.63) is 65.7 Å². The summed E-state index contributed by atoms with van der Waals surface area (Å²) in [6.45, 7) is 2.02. The number of hydrogen-bond acceptors (Lipinski definition) is 8. The number of thioether (sulfide) groups is 1. The van der Waals surface area contributed by atoms with Gasteiger partial charge in [0.2, 0.25) is 5.13 Å². The molecule has 0 unspecified atom stereocenters. The molecule has 0 saturated heterocycles. The highest BCUT2D eigenvalue weighted by atomic mass is 32.2. The van der Waals surface area contributed by atoms with E-state index in [2.05, 4.69) is 25.5 Å². The monoisotopic (exact) mass is 420 g/mol. The highest BCUT2D eigenvalue weighted by Crippen LogP contribution is 2.30. The van der Waals surface area contributed by atoms with E-state index in [0.717, 1.165) is 22.3 Å². The Morgan fingerprint density at radius 1 is 1.21 bits per heavy atom. The average Bonchev–Trinajstić information content (AvgIpc) is 3.35. The molecule has 0 bridgehead atoms. The number of nitrogens with one attached hydrogen (secondary N) is 2. The number of imidazole rings is 1. The van der Waals surface area contributed by atoms with Gasteiger partial charge >= 0.3 is 0 Å². The first-order valence-electron chi connectivity index (χ1n) is 8.70. The first-order valence-corrected chi connectivity index (χ1v) is 10.5. The number of anilines is 2. The number of aromatic nitrogens is 4. The number of aliphatic hydroxyl groups is 1. The summed E-state index contributed by atoms with van der Waals surface area (Å²) >= 11 is 2.70. The van der Waals surface area contributed by atoms with Crippen LogP contribution in [0.4, 0.5) is 10.8 Å². The lowest BCUT2D eigenvalue weighted by atomic mass is 10.2. The number of H-pyrrole nitrogens is 1. The molecule has 0 amide bonds. The lowest BCUT2D eigenvalue weighted by Gasteiger charge is -2.04. The topological polar surface area (TPSA) is 111 Å². The Kier molecular flexibility index (Phi) is 5.46. The molecule has 0 radical (unpaired) electrons. The fourth-order valence-corrected chi connectivity index (χ4v) is 4.32. The predicted octanol–water partition coefficient (Wildman–Crippen LogP) is 5.05. The zero-order chi connectivity index (χ0) is 20.2. The number of aromatic amines is 1. The number of allylic oxidation sites excluding steroid dienone is 1. The molecule has 144 valence electrons. The summed E-state index contributed by atoms with van der Waals surface area (Å²) in [5, 5.41) is 32.1. The molecule has 3 N–H and O–H groups in total. The zero-order valence-corrected chi connectivity index (χ0v) is 17.0. The van der Waals surface area contributed by atoms with Crippen molar-refractivity contribution < 1.29 is 5.11 Å². The van der Waals surface area contributed by atoms with Crippen molar-refractivity contribution in [3.63, 3.8) is 0 Å². The van der Waals surface area contributed by atoms with Crippen molar-refractivity contribution in [2.75, 3.05) is 11.1 Å². The van der Waals surface area contributed by atoms with E-state index in [0.29, 0.717) is 15.3 Å². The van der Waals surface area contributed by atoms with Crippen LogP contribution in [0.1, 0.15) is 11.4 Å². The summed E-state index contributed by atoms with van der Waals surface area (Å²) in [4.78, 5) is 7.44. The van der Waals surface area contributed by atoms with Gasteiger partial charge < -0.3 is 15.4 Å². The van der Waals surface area contributed by atoms with Crippen LogP contribution in [-0.2, 0) is 0 Å². The van der Waals surface area contributed by atoms with Crippen LogP contribution in [0.2, 0.25) is 0 Å². The highest BCUT2D eigenvalue weighted by molar-refractivity contribution is 8.01.